The lowest BCUT2D eigenvalue weighted by Gasteiger charge is -2.50. The third-order valence-corrected chi connectivity index (χ3v) is 17.7. The minimum Gasteiger partial charge on any atom is -0.254 e. The van der Waals surface area contributed by atoms with Gasteiger partial charge in [0.25, 0.3) is 0 Å². The number of aromatic nitrogens is 2. The van der Waals surface area contributed by atoms with E-state index in [4.69, 9.17) is 9.97 Å². The molecule has 72 heavy (non-hydrogen) atoms. The molecule has 0 saturated carbocycles. The lowest BCUT2D eigenvalue weighted by atomic mass is 9.51. The third kappa shape index (κ3) is 4.63. The van der Waals surface area contributed by atoms with Gasteiger partial charge >= 0.3 is 0 Å². The SMILES string of the molecule is CC1(C)c2ccccc2-c2ccc(-c3cnc4c(c3)C3(c5ccccc5C(c5ccccc5)(c5ccccc5)c5cc6c(cc53)-c3ccccc3C63c5ccccc5-c5ccccc53)c3cccnc3-4)cc21. The first-order chi connectivity index (χ1) is 35.5. The van der Waals surface area contributed by atoms with E-state index in [9.17, 15) is 0 Å². The highest BCUT2D eigenvalue weighted by molar-refractivity contribution is 5.98. The van der Waals surface area contributed by atoms with E-state index in [2.05, 4.69) is 251 Å². The van der Waals surface area contributed by atoms with Crippen molar-refractivity contribution in [1.29, 1.82) is 0 Å². The van der Waals surface area contributed by atoms with Crippen LogP contribution < -0.4 is 0 Å². The third-order valence-electron chi connectivity index (χ3n) is 17.7. The van der Waals surface area contributed by atoms with E-state index >= 15 is 0 Å². The predicted octanol–water partition coefficient (Wildman–Crippen LogP) is 15.9. The van der Waals surface area contributed by atoms with E-state index in [1.54, 1.807) is 0 Å². The lowest BCUT2D eigenvalue weighted by molar-refractivity contribution is 0.620. The molecule has 5 aliphatic rings. The summed E-state index contributed by atoms with van der Waals surface area (Å²) in [5.74, 6) is 0. The Kier molecular flexibility index (Phi) is 7.78. The number of benzene rings is 9. The first kappa shape index (κ1) is 40.1. The van der Waals surface area contributed by atoms with E-state index in [0.717, 1.165) is 28.1 Å². The van der Waals surface area contributed by atoms with Gasteiger partial charge in [-0.05, 0) is 136 Å². The molecule has 0 bridgehead atoms. The van der Waals surface area contributed by atoms with Crippen LogP contribution in [0.25, 0.3) is 55.9 Å². The smallest absolute Gasteiger partial charge is 0.0937 e. The summed E-state index contributed by atoms with van der Waals surface area (Å²) in [5.41, 5.74) is 27.6. The fraction of sp³-hybridized carbons (Fsp3) is 0.0857. The molecule has 2 spiro atoms. The summed E-state index contributed by atoms with van der Waals surface area (Å²) in [5, 5.41) is 0. The van der Waals surface area contributed by atoms with E-state index in [1.165, 1.54) is 106 Å². The second-order valence-corrected chi connectivity index (χ2v) is 21.1. The molecule has 0 aliphatic heterocycles. The van der Waals surface area contributed by atoms with Gasteiger partial charge in [0.2, 0.25) is 0 Å². The molecule has 0 amide bonds. The van der Waals surface area contributed by atoms with Crippen LogP contribution in [0.4, 0.5) is 0 Å². The maximum atomic E-state index is 5.55. The molecule has 5 aliphatic carbocycles. The maximum Gasteiger partial charge on any atom is 0.0937 e. The van der Waals surface area contributed by atoms with Crippen molar-refractivity contribution in [2.45, 2.75) is 35.5 Å². The second kappa shape index (κ2) is 14.0. The Hall–Kier alpha value is -8.72. The first-order valence-corrected chi connectivity index (χ1v) is 25.4. The molecule has 11 aromatic rings. The summed E-state index contributed by atoms with van der Waals surface area (Å²) in [7, 11) is 0. The Bertz CT molecular complexity index is 4060. The van der Waals surface area contributed by atoms with Crippen LogP contribution >= 0.6 is 0 Å². The van der Waals surface area contributed by atoms with Crippen LogP contribution in [0.1, 0.15) is 91.7 Å². The number of rotatable bonds is 3. The molecule has 2 heterocycles. The zero-order valence-corrected chi connectivity index (χ0v) is 40.0. The van der Waals surface area contributed by atoms with E-state index in [0.29, 0.717) is 0 Å². The molecule has 2 aromatic heterocycles. The largest absolute Gasteiger partial charge is 0.254 e. The Morgan fingerprint density at radius 3 is 1.33 bits per heavy atom. The van der Waals surface area contributed by atoms with E-state index in [-0.39, 0.29) is 5.41 Å². The summed E-state index contributed by atoms with van der Waals surface area (Å²) in [6.45, 7) is 4.73. The van der Waals surface area contributed by atoms with Gasteiger partial charge in [0.1, 0.15) is 0 Å². The maximum absolute atomic E-state index is 5.55. The van der Waals surface area contributed by atoms with Crippen molar-refractivity contribution in [2.24, 2.45) is 0 Å². The van der Waals surface area contributed by atoms with E-state index in [1.807, 2.05) is 6.20 Å². The molecule has 0 N–H and O–H groups in total. The highest BCUT2D eigenvalue weighted by Gasteiger charge is 2.60. The second-order valence-electron chi connectivity index (χ2n) is 21.1. The number of pyridine rings is 2. The molecular formula is C70H46N2. The molecule has 1 atom stereocenters. The van der Waals surface area contributed by atoms with Gasteiger partial charge in [0.05, 0.1) is 27.6 Å². The topological polar surface area (TPSA) is 25.8 Å². The summed E-state index contributed by atoms with van der Waals surface area (Å²) < 4.78 is 0. The van der Waals surface area contributed by atoms with Crippen LogP contribution in [-0.4, -0.2) is 9.97 Å². The number of hydrogen-bond acceptors (Lipinski definition) is 2. The van der Waals surface area contributed by atoms with Crippen molar-refractivity contribution in [2.75, 3.05) is 0 Å². The van der Waals surface area contributed by atoms with Crippen LogP contribution in [0.3, 0.4) is 0 Å². The van der Waals surface area contributed by atoms with Crippen LogP contribution in [0.15, 0.2) is 243 Å². The minimum atomic E-state index is -0.793. The van der Waals surface area contributed by atoms with Gasteiger partial charge in [-0.25, -0.2) is 0 Å². The van der Waals surface area contributed by atoms with Crippen LogP contribution in [0.2, 0.25) is 0 Å². The van der Waals surface area contributed by atoms with Crippen molar-refractivity contribution >= 4 is 0 Å². The number of hydrogen-bond donors (Lipinski definition) is 0. The average Bonchev–Trinajstić information content (AvgIpc) is 4.11. The van der Waals surface area contributed by atoms with Gasteiger partial charge in [0, 0.05) is 28.9 Å². The molecule has 0 fully saturated rings. The Balaban J connectivity index is 1.07. The molecule has 1 unspecified atom stereocenters. The van der Waals surface area contributed by atoms with Gasteiger partial charge in [-0.1, -0.05) is 220 Å². The number of nitrogens with zero attached hydrogens (tertiary/aromatic N) is 2. The summed E-state index contributed by atoms with van der Waals surface area (Å²) >= 11 is 0. The van der Waals surface area contributed by atoms with Gasteiger partial charge in [-0.2, -0.15) is 0 Å². The monoisotopic (exact) mass is 914 g/mol. The summed E-state index contributed by atoms with van der Waals surface area (Å²) in [6.07, 6.45) is 4.04. The Morgan fingerprint density at radius 1 is 0.264 bits per heavy atom. The summed E-state index contributed by atoms with van der Waals surface area (Å²) in [4.78, 5) is 10.8. The van der Waals surface area contributed by atoms with Crippen LogP contribution in [-0.2, 0) is 21.7 Å². The van der Waals surface area contributed by atoms with Crippen molar-refractivity contribution in [3.63, 3.8) is 0 Å². The zero-order valence-electron chi connectivity index (χ0n) is 40.0. The lowest BCUT2D eigenvalue weighted by Crippen LogP contribution is -2.45. The average molecular weight is 915 g/mol. The van der Waals surface area contributed by atoms with Gasteiger partial charge < -0.3 is 0 Å². The fourth-order valence-corrected chi connectivity index (χ4v) is 15.0. The predicted molar refractivity (Wildman–Crippen MR) is 291 cm³/mol. The van der Waals surface area contributed by atoms with Crippen molar-refractivity contribution < 1.29 is 0 Å². The standard InChI is InChI=1S/C70H46N2/c1-67(2)53-28-13-9-24-47(53)51-36-35-43(38-60(51)67)44-39-64-66(72-42-44)65-59(34-19-37-71-65)70(64)58-33-18-17-32-57(58)68(45-20-5-3-6-21-45,46-22-7-4-8-23-46)63-41-61-52(40-62(63)70)50-27-12-16-31-56(50)69(61)54-29-14-10-25-48(54)49-26-11-15-30-55(49)69/h3-42H,1-2H3. The van der Waals surface area contributed by atoms with Crippen molar-refractivity contribution in [3.8, 4) is 55.9 Å². The summed E-state index contributed by atoms with van der Waals surface area (Å²) in [6, 6.07) is 87.8. The van der Waals surface area contributed by atoms with E-state index < -0.39 is 16.2 Å². The van der Waals surface area contributed by atoms with Crippen LogP contribution in [0, 0.1) is 0 Å². The highest BCUT2D eigenvalue weighted by Crippen LogP contribution is 2.69. The molecule has 0 saturated heterocycles. The molecule has 336 valence electrons. The normalized spacial score (nSPS) is 17.4. The van der Waals surface area contributed by atoms with Gasteiger partial charge in [-0.15, -0.1) is 0 Å². The Labute approximate surface area is 420 Å². The van der Waals surface area contributed by atoms with Gasteiger partial charge in [-0.3, -0.25) is 9.97 Å². The molecule has 2 nitrogen and oxygen atoms in total. The van der Waals surface area contributed by atoms with Crippen molar-refractivity contribution in [1.82, 2.24) is 9.97 Å². The molecule has 9 aromatic carbocycles. The molecule has 16 rings (SSSR count). The highest BCUT2D eigenvalue weighted by atomic mass is 14.8. The molecular weight excluding hydrogens is 869 g/mol. The van der Waals surface area contributed by atoms with Gasteiger partial charge in [0.15, 0.2) is 0 Å². The first-order valence-electron chi connectivity index (χ1n) is 25.4. The van der Waals surface area contributed by atoms with Crippen molar-refractivity contribution in [3.05, 3.63) is 321 Å². The molecule has 0 radical (unpaired) electrons. The quantitative estimate of drug-likeness (QED) is 0.176. The number of fused-ring (bicyclic) bond motifs is 22. The van der Waals surface area contributed by atoms with Crippen LogP contribution in [0.5, 0.6) is 0 Å². The molecule has 2 heteroatoms. The Morgan fingerprint density at radius 2 is 0.708 bits per heavy atom. The minimum absolute atomic E-state index is 0.138. The zero-order chi connectivity index (χ0) is 47.6. The fourth-order valence-electron chi connectivity index (χ4n) is 15.0.